The van der Waals surface area contributed by atoms with Crippen molar-refractivity contribution in [1.82, 2.24) is 30.0 Å². The second-order valence-corrected chi connectivity index (χ2v) is 8.21. The molecule has 4 rings (SSSR count). The van der Waals surface area contributed by atoms with Crippen LogP contribution in [0.25, 0.3) is 0 Å². The molecule has 0 aliphatic carbocycles. The van der Waals surface area contributed by atoms with Gasteiger partial charge < -0.3 is 15.0 Å². The molecule has 1 aromatic carbocycles. The van der Waals surface area contributed by atoms with Crippen LogP contribution < -0.4 is 10.1 Å². The number of benzene rings is 1. The smallest absolute Gasteiger partial charge is 0.272 e. The quantitative estimate of drug-likeness (QED) is 0.567. The topological polar surface area (TPSA) is 88.1 Å². The number of imidazole rings is 1. The molecule has 1 aliphatic heterocycles. The molecular formula is C24H32N6O2. The van der Waals surface area contributed by atoms with Crippen molar-refractivity contribution in [3.63, 3.8) is 0 Å². The van der Waals surface area contributed by atoms with Gasteiger partial charge in [0.25, 0.3) is 5.91 Å². The van der Waals surface area contributed by atoms with E-state index in [4.69, 9.17) is 14.8 Å². The van der Waals surface area contributed by atoms with Gasteiger partial charge in [0.1, 0.15) is 11.6 Å². The number of aryl methyl sites for hydroxylation is 2. The number of ether oxygens (including phenoxy) is 1. The van der Waals surface area contributed by atoms with E-state index >= 15 is 0 Å². The van der Waals surface area contributed by atoms with E-state index in [9.17, 15) is 4.79 Å². The molecule has 8 heteroatoms. The van der Waals surface area contributed by atoms with Crippen LogP contribution in [0.15, 0.2) is 24.3 Å². The van der Waals surface area contributed by atoms with Crippen LogP contribution in [-0.4, -0.2) is 50.8 Å². The Morgan fingerprint density at radius 2 is 2.12 bits per heavy atom. The van der Waals surface area contributed by atoms with Gasteiger partial charge in [-0.15, -0.1) is 0 Å². The highest BCUT2D eigenvalue weighted by molar-refractivity contribution is 5.94. The number of aromatic nitrogens is 4. The lowest BCUT2D eigenvalue weighted by Gasteiger charge is -2.27. The Bertz CT molecular complexity index is 1100. The molecule has 0 spiro atoms. The summed E-state index contributed by atoms with van der Waals surface area (Å²) in [6, 6.07) is 7.98. The average Bonchev–Trinajstić information content (AvgIpc) is 3.34. The van der Waals surface area contributed by atoms with Crippen molar-refractivity contribution in [1.29, 1.82) is 0 Å². The molecule has 0 saturated carbocycles. The van der Waals surface area contributed by atoms with E-state index < -0.39 is 0 Å². The fourth-order valence-corrected chi connectivity index (χ4v) is 4.28. The van der Waals surface area contributed by atoms with Crippen LogP contribution in [0.2, 0.25) is 0 Å². The molecule has 1 amide bonds. The van der Waals surface area contributed by atoms with E-state index in [1.807, 2.05) is 29.8 Å². The molecule has 0 fully saturated rings. The van der Waals surface area contributed by atoms with Gasteiger partial charge in [0.05, 0.1) is 19.3 Å². The number of carbonyl (C=O) groups is 1. The van der Waals surface area contributed by atoms with Crippen molar-refractivity contribution in [3.8, 4) is 5.75 Å². The standard InChI is InChI=1S/C24H32N6O2/c1-5-22-26-16(3)20(27-22)15-29-11-10-21-19(14-29)23(24(31)25-6-2)28-30(21)13-17-8-7-9-18(12-17)32-4/h7-9,12H,5-6,10-11,13-15H2,1-4H3,(H,25,31)(H,26,27). The summed E-state index contributed by atoms with van der Waals surface area (Å²) >= 11 is 0. The van der Waals surface area contributed by atoms with Crippen LogP contribution in [0.1, 0.15) is 58.4 Å². The summed E-state index contributed by atoms with van der Waals surface area (Å²) in [5, 5.41) is 7.67. The SMILES string of the molecule is CCNC(=O)c1nn(Cc2cccc(OC)c2)c2c1CN(Cc1nc(CC)[nH]c1C)CC2. The number of nitrogens with zero attached hydrogens (tertiary/aromatic N) is 4. The van der Waals surface area contributed by atoms with Gasteiger partial charge in [-0.25, -0.2) is 4.98 Å². The molecule has 3 heterocycles. The first-order valence-electron chi connectivity index (χ1n) is 11.3. The second-order valence-electron chi connectivity index (χ2n) is 8.21. The lowest BCUT2D eigenvalue weighted by molar-refractivity contribution is 0.0947. The molecule has 8 nitrogen and oxygen atoms in total. The van der Waals surface area contributed by atoms with Crippen molar-refractivity contribution in [3.05, 3.63) is 64.0 Å². The molecular weight excluding hydrogens is 404 g/mol. The average molecular weight is 437 g/mol. The van der Waals surface area contributed by atoms with Gasteiger partial charge in [-0.2, -0.15) is 5.10 Å². The van der Waals surface area contributed by atoms with Crippen LogP contribution in [0.5, 0.6) is 5.75 Å². The van der Waals surface area contributed by atoms with Crippen molar-refractivity contribution >= 4 is 5.91 Å². The molecule has 0 bridgehead atoms. The minimum absolute atomic E-state index is 0.112. The summed E-state index contributed by atoms with van der Waals surface area (Å²) < 4.78 is 7.35. The zero-order valence-corrected chi connectivity index (χ0v) is 19.4. The molecule has 0 saturated heterocycles. The Kier molecular flexibility index (Phi) is 6.60. The summed E-state index contributed by atoms with van der Waals surface area (Å²) in [5.74, 6) is 1.73. The highest BCUT2D eigenvalue weighted by Crippen LogP contribution is 2.26. The van der Waals surface area contributed by atoms with Gasteiger partial charge in [-0.05, 0) is 31.5 Å². The van der Waals surface area contributed by atoms with E-state index in [0.717, 1.165) is 65.7 Å². The maximum atomic E-state index is 12.8. The zero-order chi connectivity index (χ0) is 22.7. The van der Waals surface area contributed by atoms with Crippen LogP contribution in [0.4, 0.5) is 0 Å². The summed E-state index contributed by atoms with van der Waals surface area (Å²) in [5.41, 5.74) is 5.98. The Morgan fingerprint density at radius 3 is 2.84 bits per heavy atom. The van der Waals surface area contributed by atoms with Gasteiger partial charge in [0.2, 0.25) is 0 Å². The molecule has 170 valence electrons. The fourth-order valence-electron chi connectivity index (χ4n) is 4.28. The number of methoxy groups -OCH3 is 1. The number of carbonyl (C=O) groups excluding carboxylic acids is 1. The predicted molar refractivity (Wildman–Crippen MR) is 123 cm³/mol. The van der Waals surface area contributed by atoms with Crippen LogP contribution in [0.3, 0.4) is 0 Å². The van der Waals surface area contributed by atoms with Gasteiger partial charge in [-0.1, -0.05) is 19.1 Å². The Hall–Kier alpha value is -3.13. The number of nitrogens with one attached hydrogen (secondary N) is 2. The monoisotopic (exact) mass is 436 g/mol. The summed E-state index contributed by atoms with van der Waals surface area (Å²) in [4.78, 5) is 23.2. The lowest BCUT2D eigenvalue weighted by atomic mass is 10.0. The normalized spacial score (nSPS) is 13.8. The largest absolute Gasteiger partial charge is 0.497 e. The van der Waals surface area contributed by atoms with E-state index in [2.05, 4.69) is 35.1 Å². The third-order valence-electron chi connectivity index (χ3n) is 5.97. The molecule has 2 N–H and O–H groups in total. The molecule has 1 aliphatic rings. The van der Waals surface area contributed by atoms with Gasteiger partial charge >= 0.3 is 0 Å². The predicted octanol–water partition coefficient (Wildman–Crippen LogP) is 2.84. The zero-order valence-electron chi connectivity index (χ0n) is 19.4. The van der Waals surface area contributed by atoms with Crippen LogP contribution >= 0.6 is 0 Å². The van der Waals surface area contributed by atoms with Crippen molar-refractivity contribution in [2.24, 2.45) is 0 Å². The highest BCUT2D eigenvalue weighted by Gasteiger charge is 2.28. The summed E-state index contributed by atoms with van der Waals surface area (Å²) in [6.07, 6.45) is 1.74. The maximum absolute atomic E-state index is 12.8. The first-order chi connectivity index (χ1) is 15.5. The van der Waals surface area contributed by atoms with Crippen molar-refractivity contribution in [2.45, 2.75) is 53.2 Å². The number of hydrogen-bond donors (Lipinski definition) is 2. The Balaban J connectivity index is 1.61. The van der Waals surface area contributed by atoms with Gasteiger partial charge in [0.15, 0.2) is 5.69 Å². The van der Waals surface area contributed by atoms with Crippen LogP contribution in [0, 0.1) is 6.92 Å². The lowest BCUT2D eigenvalue weighted by Crippen LogP contribution is -2.32. The molecule has 0 unspecified atom stereocenters. The third kappa shape index (κ3) is 4.55. The number of amides is 1. The molecule has 0 atom stereocenters. The summed E-state index contributed by atoms with van der Waals surface area (Å²) in [6.45, 7) is 9.64. The molecule has 2 aromatic heterocycles. The maximum Gasteiger partial charge on any atom is 0.272 e. The number of H-pyrrole nitrogens is 1. The number of hydrogen-bond acceptors (Lipinski definition) is 5. The van der Waals surface area contributed by atoms with E-state index in [1.165, 1.54) is 0 Å². The minimum Gasteiger partial charge on any atom is -0.497 e. The van der Waals surface area contributed by atoms with E-state index in [0.29, 0.717) is 25.3 Å². The highest BCUT2D eigenvalue weighted by atomic mass is 16.5. The summed E-state index contributed by atoms with van der Waals surface area (Å²) in [7, 11) is 1.67. The first-order valence-corrected chi connectivity index (χ1v) is 11.3. The fraction of sp³-hybridized carbons (Fsp3) is 0.458. The minimum atomic E-state index is -0.112. The van der Waals surface area contributed by atoms with Gasteiger partial charge in [0, 0.05) is 56.0 Å². The third-order valence-corrected chi connectivity index (χ3v) is 5.97. The van der Waals surface area contributed by atoms with Crippen molar-refractivity contribution in [2.75, 3.05) is 20.2 Å². The molecule has 0 radical (unpaired) electrons. The number of fused-ring (bicyclic) bond motifs is 1. The number of rotatable bonds is 8. The van der Waals surface area contributed by atoms with E-state index in [1.54, 1.807) is 7.11 Å². The Morgan fingerprint density at radius 1 is 1.28 bits per heavy atom. The number of aromatic amines is 1. The van der Waals surface area contributed by atoms with Gasteiger partial charge in [-0.3, -0.25) is 14.4 Å². The Labute approximate surface area is 189 Å². The van der Waals surface area contributed by atoms with E-state index in [-0.39, 0.29) is 5.91 Å². The second kappa shape index (κ2) is 9.56. The molecule has 3 aromatic rings. The van der Waals surface area contributed by atoms with Crippen molar-refractivity contribution < 1.29 is 9.53 Å². The molecule has 32 heavy (non-hydrogen) atoms. The first kappa shape index (κ1) is 22.1. The van der Waals surface area contributed by atoms with Crippen LogP contribution in [-0.2, 0) is 32.5 Å².